The van der Waals surface area contributed by atoms with Gasteiger partial charge in [0.15, 0.2) is 0 Å². The fourth-order valence-electron chi connectivity index (χ4n) is 5.01. The second-order valence-electron chi connectivity index (χ2n) is 10.4. The number of anilines is 1. The number of benzene rings is 1. The quantitative estimate of drug-likeness (QED) is 0.263. The molecule has 0 bridgehead atoms. The Morgan fingerprint density at radius 3 is 2.51 bits per heavy atom. The number of amides is 1. The first kappa shape index (κ1) is 27.9. The summed E-state index contributed by atoms with van der Waals surface area (Å²) in [5.74, 6) is 1.63. The molecule has 3 unspecified atom stereocenters. The van der Waals surface area contributed by atoms with E-state index >= 15 is 0 Å². The van der Waals surface area contributed by atoms with Crippen LogP contribution in [-0.2, 0) is 22.5 Å². The van der Waals surface area contributed by atoms with Gasteiger partial charge >= 0.3 is 0 Å². The number of carbonyl (C=O) groups excluding carboxylic acids is 1. The summed E-state index contributed by atoms with van der Waals surface area (Å²) < 4.78 is 9.25. The fraction of sp³-hybridized carbons (Fsp3) is 0.357. The Balaban J connectivity index is 1.48. The number of aryl methyl sites for hydroxylation is 3. The molecule has 204 valence electrons. The van der Waals surface area contributed by atoms with Gasteiger partial charge in [0.25, 0.3) is 0 Å². The highest BCUT2D eigenvalue weighted by atomic mass is 31.1. The lowest BCUT2D eigenvalue weighted by atomic mass is 10.0. The third-order valence-corrected chi connectivity index (χ3v) is 7.88. The van der Waals surface area contributed by atoms with Crippen LogP contribution in [0.15, 0.2) is 42.6 Å². The molecule has 1 aliphatic rings. The first-order valence-corrected chi connectivity index (χ1v) is 14.7. The van der Waals surface area contributed by atoms with Crippen LogP contribution < -0.4 is 9.64 Å². The molecular formula is C28H35N6O2P3. The number of pyridine rings is 1. The molecule has 3 atom stereocenters. The Morgan fingerprint density at radius 1 is 1.08 bits per heavy atom. The number of methoxy groups -OCH3 is 1. The van der Waals surface area contributed by atoms with Crippen molar-refractivity contribution in [2.24, 2.45) is 0 Å². The Kier molecular flexibility index (Phi) is 7.68. The lowest BCUT2D eigenvalue weighted by Crippen LogP contribution is -2.36. The van der Waals surface area contributed by atoms with Gasteiger partial charge in [0, 0.05) is 24.1 Å². The molecule has 1 aliphatic heterocycles. The molecule has 3 aromatic heterocycles. The van der Waals surface area contributed by atoms with Crippen LogP contribution in [0.3, 0.4) is 0 Å². The molecule has 0 saturated carbocycles. The number of fused-ring (bicyclic) bond motifs is 1. The normalized spacial score (nSPS) is 13.8. The maximum atomic E-state index is 13.1. The molecule has 8 nitrogen and oxygen atoms in total. The van der Waals surface area contributed by atoms with Crippen molar-refractivity contribution in [1.29, 1.82) is 0 Å². The lowest BCUT2D eigenvalue weighted by molar-refractivity contribution is -0.119. The van der Waals surface area contributed by atoms with Gasteiger partial charge in [-0.1, -0.05) is 18.2 Å². The van der Waals surface area contributed by atoms with Crippen LogP contribution in [0.1, 0.15) is 48.7 Å². The molecule has 39 heavy (non-hydrogen) atoms. The molecule has 1 aromatic carbocycles. The van der Waals surface area contributed by atoms with Crippen LogP contribution >= 0.6 is 27.7 Å². The van der Waals surface area contributed by atoms with Crippen molar-refractivity contribution in [3.8, 4) is 28.4 Å². The summed E-state index contributed by atoms with van der Waals surface area (Å²) in [5, 5.41) is 9.42. The molecule has 0 aliphatic carbocycles. The zero-order valence-corrected chi connectivity index (χ0v) is 26.4. The Labute approximate surface area is 236 Å². The SMILES string of the molecule is COc1ccc(C(P)(P)P)nc1-c1ccc(CN2C(=O)CCn3nc(-c4c(C)cnn4C(C)C)cc32)cc1C. The van der Waals surface area contributed by atoms with E-state index in [4.69, 9.17) is 14.8 Å². The van der Waals surface area contributed by atoms with Crippen molar-refractivity contribution in [3.05, 3.63) is 65.0 Å². The molecule has 1 amide bonds. The van der Waals surface area contributed by atoms with E-state index in [-0.39, 0.29) is 16.6 Å². The van der Waals surface area contributed by atoms with E-state index in [9.17, 15) is 4.79 Å². The third-order valence-electron chi connectivity index (χ3n) is 6.99. The predicted molar refractivity (Wildman–Crippen MR) is 166 cm³/mol. The van der Waals surface area contributed by atoms with Crippen molar-refractivity contribution < 1.29 is 9.53 Å². The number of aromatic nitrogens is 5. The molecule has 4 heterocycles. The predicted octanol–water partition coefficient (Wildman–Crippen LogP) is 5.69. The second kappa shape index (κ2) is 10.7. The Hall–Kier alpha value is -2.65. The molecular weight excluding hydrogens is 545 g/mol. The van der Waals surface area contributed by atoms with Gasteiger partial charge in [-0.3, -0.25) is 14.4 Å². The van der Waals surface area contributed by atoms with E-state index in [1.54, 1.807) is 7.11 Å². The van der Waals surface area contributed by atoms with Gasteiger partial charge in [0.05, 0.1) is 42.4 Å². The summed E-state index contributed by atoms with van der Waals surface area (Å²) in [7, 11) is 10.00. The number of hydrogen-bond acceptors (Lipinski definition) is 5. The minimum atomic E-state index is -0.323. The average Bonchev–Trinajstić information content (AvgIpc) is 3.48. The zero-order chi connectivity index (χ0) is 28.1. The van der Waals surface area contributed by atoms with Gasteiger partial charge in [-0.25, -0.2) is 9.67 Å². The van der Waals surface area contributed by atoms with Crippen LogP contribution in [0.4, 0.5) is 5.82 Å². The largest absolute Gasteiger partial charge is 0.494 e. The van der Waals surface area contributed by atoms with Gasteiger partial charge in [-0.15, -0.1) is 27.7 Å². The van der Waals surface area contributed by atoms with E-state index < -0.39 is 0 Å². The van der Waals surface area contributed by atoms with E-state index in [2.05, 4.69) is 71.8 Å². The molecule has 0 fully saturated rings. The minimum absolute atomic E-state index is 0.0958. The van der Waals surface area contributed by atoms with E-state index in [0.717, 1.165) is 56.6 Å². The summed E-state index contributed by atoms with van der Waals surface area (Å²) >= 11 is 0. The number of carbonyl (C=O) groups is 1. The smallest absolute Gasteiger partial charge is 0.230 e. The van der Waals surface area contributed by atoms with Crippen LogP contribution in [0.25, 0.3) is 22.6 Å². The minimum Gasteiger partial charge on any atom is -0.494 e. The van der Waals surface area contributed by atoms with Crippen LogP contribution in [0, 0.1) is 13.8 Å². The van der Waals surface area contributed by atoms with E-state index in [1.807, 2.05) is 45.6 Å². The van der Waals surface area contributed by atoms with Gasteiger partial charge < -0.3 is 4.74 Å². The van der Waals surface area contributed by atoms with Crippen LogP contribution in [0.2, 0.25) is 0 Å². The summed E-state index contributed by atoms with van der Waals surface area (Å²) in [6.45, 7) is 9.36. The second-order valence-corrected chi connectivity index (χ2v) is 15.3. The monoisotopic (exact) mass is 580 g/mol. The fourth-order valence-corrected chi connectivity index (χ4v) is 5.50. The standard InChI is InChI=1S/C28H35N6O2P3/c1-16(2)34-27(18(4)14-29-34)21-13-24-32(25(35)10-11-33(24)31-21)15-19-6-7-20(17(3)12-19)26-22(36-5)8-9-23(30-26)28(37,38)39/h6-9,12-14,16H,10-11,15,37-39H2,1-5H3. The summed E-state index contributed by atoms with van der Waals surface area (Å²) in [4.78, 5) is 19.9. The average molecular weight is 581 g/mol. The van der Waals surface area contributed by atoms with Gasteiger partial charge in [-0.05, 0) is 56.5 Å². The van der Waals surface area contributed by atoms with Gasteiger partial charge in [0.1, 0.15) is 23.0 Å². The highest BCUT2D eigenvalue weighted by Gasteiger charge is 2.28. The summed E-state index contributed by atoms with van der Waals surface area (Å²) in [6, 6.07) is 12.4. The Bertz CT molecular complexity index is 1550. The maximum absolute atomic E-state index is 13.1. The van der Waals surface area contributed by atoms with Crippen LogP contribution in [-0.4, -0.2) is 37.6 Å². The number of nitrogens with zero attached hydrogens (tertiary/aromatic N) is 6. The third kappa shape index (κ3) is 5.40. The van der Waals surface area contributed by atoms with Crippen molar-refractivity contribution >= 4 is 39.4 Å². The summed E-state index contributed by atoms with van der Waals surface area (Å²) in [6.07, 6.45) is 2.29. The van der Waals surface area contributed by atoms with E-state index in [1.165, 1.54) is 0 Å². The van der Waals surface area contributed by atoms with E-state index in [0.29, 0.717) is 19.5 Å². The summed E-state index contributed by atoms with van der Waals surface area (Å²) in [5.41, 5.74) is 7.70. The number of rotatable bonds is 7. The van der Waals surface area contributed by atoms with Crippen LogP contribution in [0.5, 0.6) is 5.75 Å². The first-order chi connectivity index (χ1) is 18.5. The lowest BCUT2D eigenvalue weighted by Gasteiger charge is -2.27. The maximum Gasteiger partial charge on any atom is 0.230 e. The molecule has 0 spiro atoms. The van der Waals surface area contributed by atoms with Gasteiger partial charge in [0.2, 0.25) is 5.91 Å². The first-order valence-electron chi connectivity index (χ1n) is 12.9. The number of ether oxygens (including phenoxy) is 1. The van der Waals surface area contributed by atoms with Crippen molar-refractivity contribution in [3.63, 3.8) is 0 Å². The molecule has 0 N–H and O–H groups in total. The Morgan fingerprint density at radius 2 is 1.85 bits per heavy atom. The molecule has 11 heteroatoms. The topological polar surface area (TPSA) is 78.1 Å². The van der Waals surface area contributed by atoms with Crippen molar-refractivity contribution in [2.45, 2.75) is 57.9 Å². The molecule has 4 aromatic rings. The van der Waals surface area contributed by atoms with Gasteiger partial charge in [-0.2, -0.15) is 10.2 Å². The zero-order valence-electron chi connectivity index (χ0n) is 23.0. The number of hydrogen-bond donors (Lipinski definition) is 0. The van der Waals surface area contributed by atoms with Crippen molar-refractivity contribution in [2.75, 3.05) is 12.0 Å². The molecule has 0 saturated heterocycles. The highest BCUT2D eigenvalue weighted by molar-refractivity contribution is 7.56. The molecule has 0 radical (unpaired) electrons. The van der Waals surface area contributed by atoms with Crippen molar-refractivity contribution in [1.82, 2.24) is 24.5 Å². The molecule has 5 rings (SSSR count). The highest BCUT2D eigenvalue weighted by Crippen LogP contribution is 2.45.